The first-order valence-electron chi connectivity index (χ1n) is 11.0. The van der Waals surface area contributed by atoms with Crippen LogP contribution in [0.25, 0.3) is 0 Å². The molecule has 1 N–H and O–H groups in total. The predicted molar refractivity (Wildman–Crippen MR) is 122 cm³/mol. The van der Waals surface area contributed by atoms with Gasteiger partial charge in [0, 0.05) is 44.5 Å². The number of aliphatic hydroxyl groups is 1. The van der Waals surface area contributed by atoms with Crippen molar-refractivity contribution in [2.75, 3.05) is 20.3 Å². The van der Waals surface area contributed by atoms with Crippen LogP contribution in [0.3, 0.4) is 0 Å². The Morgan fingerprint density at radius 1 is 1.15 bits per heavy atom. The van der Waals surface area contributed by atoms with E-state index in [1.807, 2.05) is 32.5 Å². The minimum Gasteiger partial charge on any atom is -0.489 e. The van der Waals surface area contributed by atoms with Crippen molar-refractivity contribution >= 4 is 5.91 Å². The van der Waals surface area contributed by atoms with Gasteiger partial charge in [0.1, 0.15) is 12.4 Å². The lowest BCUT2D eigenvalue weighted by molar-refractivity contribution is -0.139. The molecule has 10 heteroatoms. The molecule has 0 aliphatic carbocycles. The van der Waals surface area contributed by atoms with Gasteiger partial charge in [-0.25, -0.2) is 0 Å². The van der Waals surface area contributed by atoms with Crippen LogP contribution in [0.15, 0.2) is 29.3 Å². The van der Waals surface area contributed by atoms with E-state index < -0.39 is 35.6 Å². The Morgan fingerprint density at radius 3 is 2.32 bits per heavy atom. The number of hydrogen-bond acceptors (Lipinski definition) is 4. The zero-order valence-corrected chi connectivity index (χ0v) is 20.8. The highest BCUT2D eigenvalue weighted by atomic mass is 19.4. The molecule has 1 aromatic carbocycles. The average Bonchev–Trinajstić information content (AvgIpc) is 3.01. The van der Waals surface area contributed by atoms with E-state index in [0.717, 1.165) is 17.8 Å². The van der Waals surface area contributed by atoms with Crippen molar-refractivity contribution < 1.29 is 32.5 Å². The van der Waals surface area contributed by atoms with Crippen LogP contribution < -0.4 is 10.2 Å². The second kappa shape index (κ2) is 10.4. The van der Waals surface area contributed by atoms with Crippen molar-refractivity contribution in [3.8, 4) is 5.75 Å². The van der Waals surface area contributed by atoms with E-state index in [1.54, 1.807) is 17.9 Å². The second-order valence-corrected chi connectivity index (χ2v) is 9.83. The molecule has 0 aliphatic rings. The number of carbonyl (C=O) groups excluding carboxylic acids is 1. The minimum atomic E-state index is -4.75. The lowest BCUT2D eigenvalue weighted by Gasteiger charge is -2.21. The van der Waals surface area contributed by atoms with E-state index >= 15 is 0 Å². The van der Waals surface area contributed by atoms with Gasteiger partial charge in [-0.15, -0.1) is 0 Å². The quantitative estimate of drug-likeness (QED) is 0.572. The van der Waals surface area contributed by atoms with Crippen molar-refractivity contribution in [2.45, 2.75) is 64.8 Å². The number of rotatable bonds is 8. The lowest BCUT2D eigenvalue weighted by atomic mass is 9.92. The highest BCUT2D eigenvalue weighted by molar-refractivity contribution is 5.98. The maximum atomic E-state index is 13.7. The zero-order valence-electron chi connectivity index (χ0n) is 20.8. The Bertz CT molecular complexity index is 1070. The smallest absolute Gasteiger partial charge is 0.419 e. The molecule has 0 aliphatic heterocycles. The summed E-state index contributed by atoms with van der Waals surface area (Å²) in [5.74, 6) is -1.52. The first-order valence-corrected chi connectivity index (χ1v) is 11.0. The summed E-state index contributed by atoms with van der Waals surface area (Å²) < 4.78 is 55.1. The molecule has 2 aromatic rings. The summed E-state index contributed by atoms with van der Waals surface area (Å²) in [6.45, 7) is 9.41. The van der Waals surface area contributed by atoms with Gasteiger partial charge in [0.2, 0.25) is 0 Å². The Morgan fingerprint density at radius 2 is 1.79 bits per heavy atom. The molecule has 0 unspecified atom stereocenters. The molecule has 190 valence electrons. The SMILES string of the molecule is COCCCn1c(=NC(=O)c2cccc(C(F)(F)F)c2OCC(C)(C)O)cc(C(C)(C)C)n1C. The summed E-state index contributed by atoms with van der Waals surface area (Å²) in [6.07, 6.45) is -4.10. The van der Waals surface area contributed by atoms with Crippen LogP contribution in [0.2, 0.25) is 0 Å². The largest absolute Gasteiger partial charge is 0.489 e. The zero-order chi connectivity index (χ0) is 25.9. The molecule has 0 radical (unpaired) electrons. The van der Waals surface area contributed by atoms with Crippen LogP contribution in [-0.4, -0.2) is 46.3 Å². The van der Waals surface area contributed by atoms with Gasteiger partial charge in [-0.1, -0.05) is 26.8 Å². The van der Waals surface area contributed by atoms with Gasteiger partial charge < -0.3 is 14.6 Å². The van der Waals surface area contributed by atoms with E-state index in [-0.39, 0.29) is 11.0 Å². The molecular formula is C24H34F3N3O4. The predicted octanol–water partition coefficient (Wildman–Crippen LogP) is 4.07. The lowest BCUT2D eigenvalue weighted by Crippen LogP contribution is -2.29. The number of para-hydroxylation sites is 1. The molecule has 1 aromatic heterocycles. The fourth-order valence-corrected chi connectivity index (χ4v) is 3.49. The molecule has 0 spiro atoms. The van der Waals surface area contributed by atoms with Crippen LogP contribution in [-0.2, 0) is 29.9 Å². The van der Waals surface area contributed by atoms with E-state index in [9.17, 15) is 23.1 Å². The Kier molecular flexibility index (Phi) is 8.42. The second-order valence-electron chi connectivity index (χ2n) is 9.83. The van der Waals surface area contributed by atoms with Gasteiger partial charge in [-0.2, -0.15) is 18.2 Å². The minimum absolute atomic E-state index is 0.258. The number of halogens is 3. The van der Waals surface area contributed by atoms with E-state index in [4.69, 9.17) is 9.47 Å². The standard InChI is InChI=1S/C24H34F3N3O4/c1-22(2,3)18-14-19(30(29(18)6)12-9-13-33-7)28-21(31)16-10-8-11-17(24(25,26)27)20(16)34-15-23(4,5)32/h8,10-11,14,32H,9,12-13,15H2,1-7H3. The fraction of sp³-hybridized carbons (Fsp3) is 0.583. The third-order valence-corrected chi connectivity index (χ3v) is 5.06. The molecule has 1 heterocycles. The highest BCUT2D eigenvalue weighted by Crippen LogP contribution is 2.38. The summed E-state index contributed by atoms with van der Waals surface area (Å²) >= 11 is 0. The highest BCUT2D eigenvalue weighted by Gasteiger charge is 2.37. The van der Waals surface area contributed by atoms with Crippen molar-refractivity contribution in [1.29, 1.82) is 0 Å². The number of benzene rings is 1. The number of ether oxygens (including phenoxy) is 2. The van der Waals surface area contributed by atoms with Crippen molar-refractivity contribution in [3.63, 3.8) is 0 Å². The molecule has 0 bridgehead atoms. The topological polar surface area (TPSA) is 78.0 Å². The number of aromatic nitrogens is 2. The van der Waals surface area contributed by atoms with Crippen molar-refractivity contribution in [3.05, 3.63) is 46.6 Å². The van der Waals surface area contributed by atoms with Crippen molar-refractivity contribution in [1.82, 2.24) is 9.36 Å². The van der Waals surface area contributed by atoms with Gasteiger partial charge in [-0.05, 0) is 32.4 Å². The summed E-state index contributed by atoms with van der Waals surface area (Å²) in [5.41, 5.74) is -1.87. The first kappa shape index (κ1) is 27.7. The average molecular weight is 486 g/mol. The first-order chi connectivity index (χ1) is 15.6. The summed E-state index contributed by atoms with van der Waals surface area (Å²) in [5, 5.41) is 9.96. The Balaban J connectivity index is 2.64. The summed E-state index contributed by atoms with van der Waals surface area (Å²) in [4.78, 5) is 17.4. The van der Waals surface area contributed by atoms with Gasteiger partial charge in [-0.3, -0.25) is 14.2 Å². The monoisotopic (exact) mass is 485 g/mol. The summed E-state index contributed by atoms with van der Waals surface area (Å²) in [6, 6.07) is 4.97. The van der Waals surface area contributed by atoms with Gasteiger partial charge in [0.15, 0.2) is 5.49 Å². The van der Waals surface area contributed by atoms with Crippen LogP contribution in [0.5, 0.6) is 5.75 Å². The number of hydrogen-bond donors (Lipinski definition) is 1. The molecule has 0 atom stereocenters. The number of amides is 1. The van der Waals surface area contributed by atoms with Crippen LogP contribution in [0.4, 0.5) is 13.2 Å². The van der Waals surface area contributed by atoms with E-state index in [0.29, 0.717) is 25.1 Å². The van der Waals surface area contributed by atoms with E-state index in [1.165, 1.54) is 19.9 Å². The number of methoxy groups -OCH3 is 1. The molecule has 2 rings (SSSR count). The maximum absolute atomic E-state index is 13.7. The van der Waals surface area contributed by atoms with Crippen LogP contribution in [0.1, 0.15) is 62.7 Å². The molecule has 0 saturated carbocycles. The molecule has 0 saturated heterocycles. The number of alkyl halides is 3. The Hall–Kier alpha value is -2.59. The molecule has 0 fully saturated rings. The van der Waals surface area contributed by atoms with Gasteiger partial charge in [0.05, 0.1) is 16.7 Å². The third kappa shape index (κ3) is 6.96. The molecule has 34 heavy (non-hydrogen) atoms. The van der Waals surface area contributed by atoms with E-state index in [2.05, 4.69) is 4.99 Å². The fourth-order valence-electron chi connectivity index (χ4n) is 3.49. The van der Waals surface area contributed by atoms with Gasteiger partial charge in [0.25, 0.3) is 5.91 Å². The number of nitrogens with zero attached hydrogens (tertiary/aromatic N) is 3. The van der Waals surface area contributed by atoms with Crippen molar-refractivity contribution in [2.24, 2.45) is 12.0 Å². The van der Waals surface area contributed by atoms with Crippen LogP contribution in [0, 0.1) is 0 Å². The van der Waals surface area contributed by atoms with Crippen LogP contribution >= 0.6 is 0 Å². The molecular weight excluding hydrogens is 451 g/mol. The normalized spacial score (nSPS) is 13.4. The molecule has 1 amide bonds. The number of carbonyl (C=O) groups is 1. The summed E-state index contributed by atoms with van der Waals surface area (Å²) in [7, 11) is 3.44. The maximum Gasteiger partial charge on any atom is 0.419 e. The Labute approximate surface area is 197 Å². The molecule has 7 nitrogen and oxygen atoms in total. The van der Waals surface area contributed by atoms with Gasteiger partial charge >= 0.3 is 6.18 Å². The third-order valence-electron chi connectivity index (χ3n) is 5.06.